The maximum Gasteiger partial charge on any atom is 0.325 e. The Hall–Kier alpha value is -2.24. The van der Waals surface area contributed by atoms with E-state index in [9.17, 15) is 9.59 Å². The highest BCUT2D eigenvalue weighted by Gasteiger charge is 2.14. The summed E-state index contributed by atoms with van der Waals surface area (Å²) >= 11 is 0. The molecule has 1 atom stereocenters. The number of amides is 2. The maximum atomic E-state index is 11.5. The average Bonchev–Trinajstić information content (AvgIpc) is 2.31. The molecule has 0 saturated heterocycles. The van der Waals surface area contributed by atoms with Crippen LogP contribution in [0, 0.1) is 0 Å². The molecule has 0 aliphatic carbocycles. The van der Waals surface area contributed by atoms with E-state index in [0.717, 1.165) is 0 Å². The largest absolute Gasteiger partial charge is 0.492 e. The molecular formula is C12H16N2O4. The first-order chi connectivity index (χ1) is 8.54. The number of hydrogen-bond acceptors (Lipinski definition) is 3. The van der Waals surface area contributed by atoms with Crippen molar-refractivity contribution in [1.29, 1.82) is 0 Å². The van der Waals surface area contributed by atoms with Crippen LogP contribution in [0.25, 0.3) is 0 Å². The van der Waals surface area contributed by atoms with Crippen molar-refractivity contribution >= 4 is 17.7 Å². The van der Waals surface area contributed by atoms with Gasteiger partial charge < -0.3 is 20.5 Å². The molecule has 0 fully saturated rings. The molecule has 0 aliphatic heterocycles. The van der Waals surface area contributed by atoms with Crippen molar-refractivity contribution < 1.29 is 19.4 Å². The summed E-state index contributed by atoms with van der Waals surface area (Å²) in [7, 11) is 0. The zero-order chi connectivity index (χ0) is 13.5. The zero-order valence-electron chi connectivity index (χ0n) is 10.3. The number of urea groups is 1. The Kier molecular flexibility index (Phi) is 4.98. The second-order valence-electron chi connectivity index (χ2n) is 3.59. The summed E-state index contributed by atoms with van der Waals surface area (Å²) in [6.07, 6.45) is 0. The van der Waals surface area contributed by atoms with E-state index in [1.807, 2.05) is 6.92 Å². The van der Waals surface area contributed by atoms with Gasteiger partial charge in [0.05, 0.1) is 12.3 Å². The van der Waals surface area contributed by atoms with E-state index in [-0.39, 0.29) is 0 Å². The molecule has 0 aromatic heterocycles. The quantitative estimate of drug-likeness (QED) is 0.744. The number of carbonyl (C=O) groups is 2. The highest BCUT2D eigenvalue weighted by molar-refractivity contribution is 5.93. The lowest BCUT2D eigenvalue weighted by Crippen LogP contribution is -2.40. The lowest BCUT2D eigenvalue weighted by Gasteiger charge is -2.13. The molecule has 6 nitrogen and oxygen atoms in total. The Morgan fingerprint density at radius 3 is 2.67 bits per heavy atom. The third kappa shape index (κ3) is 3.97. The van der Waals surface area contributed by atoms with Crippen LogP contribution in [0.3, 0.4) is 0 Å². The first-order valence-electron chi connectivity index (χ1n) is 5.56. The predicted molar refractivity (Wildman–Crippen MR) is 66.9 cm³/mol. The fourth-order valence-electron chi connectivity index (χ4n) is 1.27. The third-order valence-electron chi connectivity index (χ3n) is 2.15. The van der Waals surface area contributed by atoms with E-state index >= 15 is 0 Å². The number of rotatable bonds is 5. The SMILES string of the molecule is CCOc1ccccc1NC(=O)N[C@@H](C)C(=O)O. The van der Waals surface area contributed by atoms with Crippen LogP contribution in [0.15, 0.2) is 24.3 Å². The molecule has 18 heavy (non-hydrogen) atoms. The standard InChI is InChI=1S/C12H16N2O4/c1-3-18-10-7-5-4-6-9(10)14-12(17)13-8(2)11(15)16/h4-8H,3H2,1-2H3,(H,15,16)(H2,13,14,17)/t8-/m0/s1. The predicted octanol–water partition coefficient (Wildman–Crippen LogP) is 1.68. The Morgan fingerprint density at radius 2 is 2.06 bits per heavy atom. The molecule has 2 amide bonds. The number of carboxylic acids is 1. The fraction of sp³-hybridized carbons (Fsp3) is 0.333. The van der Waals surface area contributed by atoms with Crippen molar-refractivity contribution in [2.24, 2.45) is 0 Å². The van der Waals surface area contributed by atoms with Crippen LogP contribution in [0.4, 0.5) is 10.5 Å². The Bertz CT molecular complexity index is 434. The number of para-hydroxylation sites is 2. The monoisotopic (exact) mass is 252 g/mol. The van der Waals surface area contributed by atoms with Gasteiger partial charge in [-0.2, -0.15) is 0 Å². The van der Waals surface area contributed by atoms with Crippen molar-refractivity contribution in [3.63, 3.8) is 0 Å². The first kappa shape index (κ1) is 13.8. The number of hydrogen-bond donors (Lipinski definition) is 3. The van der Waals surface area contributed by atoms with E-state index in [1.165, 1.54) is 6.92 Å². The molecule has 6 heteroatoms. The lowest BCUT2D eigenvalue weighted by atomic mass is 10.3. The summed E-state index contributed by atoms with van der Waals surface area (Å²) in [6.45, 7) is 3.70. The van der Waals surface area contributed by atoms with Gasteiger partial charge in [0, 0.05) is 0 Å². The van der Waals surface area contributed by atoms with Crippen molar-refractivity contribution in [3.8, 4) is 5.75 Å². The second-order valence-corrected chi connectivity index (χ2v) is 3.59. The molecular weight excluding hydrogens is 236 g/mol. The molecule has 3 N–H and O–H groups in total. The average molecular weight is 252 g/mol. The fourth-order valence-corrected chi connectivity index (χ4v) is 1.27. The number of aliphatic carboxylic acids is 1. The molecule has 0 heterocycles. The molecule has 1 rings (SSSR count). The minimum Gasteiger partial charge on any atom is -0.492 e. The normalized spacial score (nSPS) is 11.4. The molecule has 0 bridgehead atoms. The first-order valence-corrected chi connectivity index (χ1v) is 5.56. The molecule has 0 saturated carbocycles. The lowest BCUT2D eigenvalue weighted by molar-refractivity contribution is -0.138. The Morgan fingerprint density at radius 1 is 1.39 bits per heavy atom. The smallest absolute Gasteiger partial charge is 0.325 e. The highest BCUT2D eigenvalue weighted by atomic mass is 16.5. The highest BCUT2D eigenvalue weighted by Crippen LogP contribution is 2.23. The Balaban J connectivity index is 2.66. The molecule has 0 aliphatic rings. The van der Waals surface area contributed by atoms with Crippen molar-refractivity contribution in [2.45, 2.75) is 19.9 Å². The number of anilines is 1. The van der Waals surface area contributed by atoms with Crippen LogP contribution < -0.4 is 15.4 Å². The molecule has 0 radical (unpaired) electrons. The van der Waals surface area contributed by atoms with Crippen LogP contribution in [0.1, 0.15) is 13.8 Å². The minimum absolute atomic E-state index is 0.478. The second kappa shape index (κ2) is 6.48. The van der Waals surface area contributed by atoms with Crippen LogP contribution in [0.5, 0.6) is 5.75 Å². The zero-order valence-corrected chi connectivity index (χ0v) is 10.3. The summed E-state index contributed by atoms with van der Waals surface area (Å²) in [5.41, 5.74) is 0.495. The van der Waals surface area contributed by atoms with Gasteiger partial charge in [0.2, 0.25) is 0 Å². The summed E-state index contributed by atoms with van der Waals surface area (Å²) in [5, 5.41) is 13.5. The van der Waals surface area contributed by atoms with E-state index in [2.05, 4.69) is 10.6 Å². The molecule has 0 unspecified atom stereocenters. The van der Waals surface area contributed by atoms with Gasteiger partial charge >= 0.3 is 12.0 Å². The van der Waals surface area contributed by atoms with Gasteiger partial charge in [0.1, 0.15) is 11.8 Å². The topological polar surface area (TPSA) is 87.7 Å². The minimum atomic E-state index is -1.09. The summed E-state index contributed by atoms with van der Waals surface area (Å²) in [4.78, 5) is 22.1. The van der Waals surface area contributed by atoms with Crippen LogP contribution in [-0.4, -0.2) is 29.8 Å². The number of ether oxygens (including phenoxy) is 1. The van der Waals surface area contributed by atoms with E-state index in [0.29, 0.717) is 18.0 Å². The van der Waals surface area contributed by atoms with Crippen molar-refractivity contribution in [2.75, 3.05) is 11.9 Å². The maximum absolute atomic E-state index is 11.5. The van der Waals surface area contributed by atoms with E-state index in [1.54, 1.807) is 24.3 Å². The summed E-state index contributed by atoms with van der Waals surface area (Å²) < 4.78 is 5.33. The third-order valence-corrected chi connectivity index (χ3v) is 2.15. The van der Waals surface area contributed by atoms with Gasteiger partial charge in [0.15, 0.2) is 0 Å². The van der Waals surface area contributed by atoms with Gasteiger partial charge in [0.25, 0.3) is 0 Å². The number of carbonyl (C=O) groups excluding carboxylic acids is 1. The van der Waals surface area contributed by atoms with Crippen LogP contribution in [0.2, 0.25) is 0 Å². The number of carboxylic acid groups (broad SMARTS) is 1. The van der Waals surface area contributed by atoms with Gasteiger partial charge in [-0.1, -0.05) is 12.1 Å². The number of benzene rings is 1. The molecule has 0 spiro atoms. The molecule has 1 aromatic rings. The van der Waals surface area contributed by atoms with Gasteiger partial charge in [-0.25, -0.2) is 4.79 Å². The summed E-state index contributed by atoms with van der Waals surface area (Å²) in [6, 6.07) is 5.39. The van der Waals surface area contributed by atoms with Crippen molar-refractivity contribution in [1.82, 2.24) is 5.32 Å². The molecule has 1 aromatic carbocycles. The number of nitrogens with one attached hydrogen (secondary N) is 2. The summed E-state index contributed by atoms with van der Waals surface area (Å²) in [5.74, 6) is -0.554. The van der Waals surface area contributed by atoms with Crippen LogP contribution in [-0.2, 0) is 4.79 Å². The van der Waals surface area contributed by atoms with E-state index < -0.39 is 18.0 Å². The molecule has 98 valence electrons. The van der Waals surface area contributed by atoms with Crippen LogP contribution >= 0.6 is 0 Å². The van der Waals surface area contributed by atoms with E-state index in [4.69, 9.17) is 9.84 Å². The van der Waals surface area contributed by atoms with Gasteiger partial charge in [-0.15, -0.1) is 0 Å². The van der Waals surface area contributed by atoms with Gasteiger partial charge in [-0.3, -0.25) is 4.79 Å². The van der Waals surface area contributed by atoms with Crippen molar-refractivity contribution in [3.05, 3.63) is 24.3 Å². The van der Waals surface area contributed by atoms with Gasteiger partial charge in [-0.05, 0) is 26.0 Å². The Labute approximate surface area is 105 Å².